The Morgan fingerprint density at radius 2 is 1.90 bits per heavy atom. The second-order valence-electron chi connectivity index (χ2n) is 7.49. The number of halogens is 1. The Morgan fingerprint density at radius 1 is 1.23 bits per heavy atom. The van der Waals surface area contributed by atoms with Crippen molar-refractivity contribution in [2.24, 2.45) is 0 Å². The molecule has 0 aliphatic heterocycles. The SMILES string of the molecule is COC(=O)c1nc(C(=O)c2cn(SF)c3ccccc23)sc1N(C)C(=O)OC(C)(C)C. The van der Waals surface area contributed by atoms with Crippen LogP contribution in [0.4, 0.5) is 13.7 Å². The molecule has 3 rings (SSSR count). The molecule has 164 valence electrons. The molecule has 0 spiro atoms. The van der Waals surface area contributed by atoms with Crippen molar-refractivity contribution >= 4 is 57.4 Å². The maximum atomic E-state index is 13.3. The highest BCUT2D eigenvalue weighted by Gasteiger charge is 2.30. The van der Waals surface area contributed by atoms with Gasteiger partial charge in [-0.05, 0) is 26.8 Å². The molecule has 0 aliphatic rings. The van der Waals surface area contributed by atoms with Crippen LogP contribution >= 0.6 is 23.7 Å². The molecule has 11 heteroatoms. The van der Waals surface area contributed by atoms with Gasteiger partial charge in [0, 0.05) is 18.6 Å². The highest BCUT2D eigenvalue weighted by molar-refractivity contribution is 7.92. The van der Waals surface area contributed by atoms with Crippen LogP contribution in [-0.2, 0) is 9.47 Å². The quantitative estimate of drug-likeness (QED) is 0.392. The number of para-hydroxylation sites is 1. The van der Waals surface area contributed by atoms with Crippen molar-refractivity contribution in [2.45, 2.75) is 26.4 Å². The van der Waals surface area contributed by atoms with Crippen molar-refractivity contribution in [3.63, 3.8) is 0 Å². The molecule has 0 aliphatic carbocycles. The molecule has 3 aromatic rings. The van der Waals surface area contributed by atoms with Gasteiger partial charge in [-0.15, -0.1) is 3.89 Å². The van der Waals surface area contributed by atoms with Crippen LogP contribution in [0.3, 0.4) is 0 Å². The molecule has 0 unspecified atom stereocenters. The number of thiazole rings is 1. The minimum Gasteiger partial charge on any atom is -0.464 e. The summed E-state index contributed by atoms with van der Waals surface area (Å²) < 4.78 is 24.6. The third-order valence-corrected chi connectivity index (χ3v) is 5.73. The summed E-state index contributed by atoms with van der Waals surface area (Å²) in [7, 11) is 2.58. The Balaban J connectivity index is 2.06. The summed E-state index contributed by atoms with van der Waals surface area (Å²) in [6.07, 6.45) is 0.652. The monoisotopic (exact) mass is 465 g/mol. The van der Waals surface area contributed by atoms with Crippen molar-refractivity contribution in [1.29, 1.82) is 0 Å². The molecule has 0 bridgehead atoms. The molecular weight excluding hydrogens is 445 g/mol. The zero-order valence-electron chi connectivity index (χ0n) is 17.5. The Morgan fingerprint density at radius 3 is 2.52 bits per heavy atom. The van der Waals surface area contributed by atoms with Gasteiger partial charge in [-0.1, -0.05) is 29.5 Å². The Bertz CT molecular complexity index is 1170. The van der Waals surface area contributed by atoms with Gasteiger partial charge in [0.25, 0.3) is 0 Å². The van der Waals surface area contributed by atoms with E-state index in [1.54, 1.807) is 45.0 Å². The average molecular weight is 466 g/mol. The Labute approximate surface area is 186 Å². The lowest BCUT2D eigenvalue weighted by molar-refractivity contribution is 0.0587. The van der Waals surface area contributed by atoms with Crippen LogP contribution in [0.15, 0.2) is 30.5 Å². The fourth-order valence-electron chi connectivity index (χ4n) is 2.78. The van der Waals surface area contributed by atoms with Gasteiger partial charge in [0.15, 0.2) is 23.0 Å². The second kappa shape index (κ2) is 8.67. The van der Waals surface area contributed by atoms with Gasteiger partial charge in [-0.25, -0.2) is 14.6 Å². The molecule has 0 radical (unpaired) electrons. The fourth-order valence-corrected chi connectivity index (χ4v) is 4.12. The van der Waals surface area contributed by atoms with Gasteiger partial charge >= 0.3 is 12.1 Å². The number of fused-ring (bicyclic) bond motifs is 1. The molecule has 2 heterocycles. The van der Waals surface area contributed by atoms with Crippen LogP contribution in [0.25, 0.3) is 10.9 Å². The minimum atomic E-state index is -0.803. The zero-order chi connectivity index (χ0) is 22.9. The molecule has 1 aromatic carbocycles. The smallest absolute Gasteiger partial charge is 0.415 e. The molecular formula is C20H20FN3O5S2. The standard InChI is InChI=1S/C20H20FN3O5S2/c1-20(2,3)29-19(27)23(4)17-14(18(26)28-5)22-16(30-17)15(25)12-10-24(31-21)13-9-7-6-8-11(12)13/h6-10H,1-5H3. The van der Waals surface area contributed by atoms with E-state index < -0.39 is 23.4 Å². The van der Waals surface area contributed by atoms with E-state index in [0.717, 1.165) is 16.2 Å². The topological polar surface area (TPSA) is 90.7 Å². The molecule has 0 saturated carbocycles. The first kappa shape index (κ1) is 22.8. The van der Waals surface area contributed by atoms with Crippen LogP contribution in [0, 0.1) is 0 Å². The second-order valence-corrected chi connectivity index (χ2v) is 9.00. The summed E-state index contributed by atoms with van der Waals surface area (Å²) >= 11 is 0.814. The highest BCUT2D eigenvalue weighted by atomic mass is 32.2. The molecule has 0 N–H and O–H groups in total. The van der Waals surface area contributed by atoms with Crippen LogP contribution in [-0.4, -0.2) is 46.6 Å². The lowest BCUT2D eigenvalue weighted by atomic mass is 10.1. The van der Waals surface area contributed by atoms with Crippen molar-refractivity contribution < 1.29 is 27.7 Å². The van der Waals surface area contributed by atoms with Crippen LogP contribution in [0.1, 0.15) is 46.6 Å². The van der Waals surface area contributed by atoms with Crippen molar-refractivity contribution in [3.8, 4) is 0 Å². The average Bonchev–Trinajstić information content (AvgIpc) is 3.33. The maximum absolute atomic E-state index is 13.3. The molecule has 2 aromatic heterocycles. The van der Waals surface area contributed by atoms with Crippen LogP contribution in [0.5, 0.6) is 0 Å². The van der Waals surface area contributed by atoms with Crippen LogP contribution < -0.4 is 4.90 Å². The first-order chi connectivity index (χ1) is 14.6. The van der Waals surface area contributed by atoms with Gasteiger partial charge in [0.2, 0.25) is 5.78 Å². The van der Waals surface area contributed by atoms with Crippen molar-refractivity contribution in [3.05, 3.63) is 46.7 Å². The van der Waals surface area contributed by atoms with E-state index in [0.29, 0.717) is 10.9 Å². The number of amides is 1. The predicted octanol–water partition coefficient (Wildman–Crippen LogP) is 4.87. The number of ether oxygens (including phenoxy) is 2. The van der Waals surface area contributed by atoms with Crippen LogP contribution in [0.2, 0.25) is 0 Å². The number of aromatic nitrogens is 2. The Hall–Kier alpha value is -2.92. The third-order valence-electron chi connectivity index (χ3n) is 4.15. The third kappa shape index (κ3) is 4.57. The summed E-state index contributed by atoms with van der Waals surface area (Å²) in [5.41, 5.74) is -0.203. The molecule has 1 amide bonds. The summed E-state index contributed by atoms with van der Waals surface area (Å²) in [4.78, 5) is 43.2. The Kier molecular flexibility index (Phi) is 6.37. The van der Waals surface area contributed by atoms with E-state index in [-0.39, 0.29) is 33.6 Å². The number of methoxy groups -OCH3 is 1. The van der Waals surface area contributed by atoms with Gasteiger partial charge in [0.05, 0.1) is 18.2 Å². The maximum Gasteiger partial charge on any atom is 0.415 e. The first-order valence-electron chi connectivity index (χ1n) is 9.07. The van der Waals surface area contributed by atoms with Gasteiger partial charge in [0.1, 0.15) is 10.6 Å². The first-order valence-corrected chi connectivity index (χ1v) is 10.6. The van der Waals surface area contributed by atoms with E-state index in [4.69, 9.17) is 9.47 Å². The number of nitrogens with zero attached hydrogens (tertiary/aromatic N) is 3. The number of carbonyl (C=O) groups is 3. The minimum absolute atomic E-state index is 0.0335. The van der Waals surface area contributed by atoms with E-state index in [9.17, 15) is 18.3 Å². The molecule has 0 fully saturated rings. The summed E-state index contributed by atoms with van der Waals surface area (Å²) in [5, 5.41) is 0.597. The summed E-state index contributed by atoms with van der Waals surface area (Å²) in [6.45, 7) is 5.13. The molecule has 0 atom stereocenters. The van der Waals surface area contributed by atoms with E-state index >= 15 is 0 Å². The number of carbonyl (C=O) groups excluding carboxylic acids is 3. The van der Waals surface area contributed by atoms with Gasteiger partial charge < -0.3 is 9.47 Å². The van der Waals surface area contributed by atoms with E-state index in [1.165, 1.54) is 24.3 Å². The summed E-state index contributed by atoms with van der Waals surface area (Å²) in [6, 6.07) is 6.84. The molecule has 0 saturated heterocycles. The number of benzene rings is 1. The number of ketones is 1. The van der Waals surface area contributed by atoms with Crippen molar-refractivity contribution in [2.75, 3.05) is 19.1 Å². The fraction of sp³-hybridized carbons (Fsp3) is 0.300. The molecule has 8 nitrogen and oxygen atoms in total. The lowest BCUT2D eigenvalue weighted by Crippen LogP contribution is -2.34. The lowest BCUT2D eigenvalue weighted by Gasteiger charge is -2.23. The van der Waals surface area contributed by atoms with Gasteiger partial charge in [-0.2, -0.15) is 0 Å². The number of hydrogen-bond donors (Lipinski definition) is 0. The van der Waals surface area contributed by atoms with Gasteiger partial charge in [-0.3, -0.25) is 13.7 Å². The predicted molar refractivity (Wildman–Crippen MR) is 118 cm³/mol. The largest absolute Gasteiger partial charge is 0.464 e. The number of hydrogen-bond acceptors (Lipinski definition) is 8. The highest BCUT2D eigenvalue weighted by Crippen LogP contribution is 2.33. The van der Waals surface area contributed by atoms with E-state index in [1.807, 2.05) is 0 Å². The zero-order valence-corrected chi connectivity index (χ0v) is 19.1. The number of anilines is 1. The number of rotatable bonds is 5. The molecule has 31 heavy (non-hydrogen) atoms. The van der Waals surface area contributed by atoms with Crippen molar-refractivity contribution in [1.82, 2.24) is 8.96 Å². The summed E-state index contributed by atoms with van der Waals surface area (Å²) in [5.74, 6) is -1.31. The van der Waals surface area contributed by atoms with E-state index in [2.05, 4.69) is 4.98 Å². The number of esters is 1. The normalized spacial score (nSPS) is 11.4.